The first-order valence-electron chi connectivity index (χ1n) is 9.49. The average molecular weight is 360 g/mol. The van der Waals surface area contributed by atoms with E-state index in [-0.39, 0.29) is 0 Å². The van der Waals surface area contributed by atoms with Crippen LogP contribution in [-0.4, -0.2) is 7.11 Å². The smallest absolute Gasteiger partial charge is 0.126 e. The molecule has 0 saturated heterocycles. The van der Waals surface area contributed by atoms with E-state index in [0.717, 1.165) is 11.1 Å². The Balaban J connectivity index is 1.57. The van der Waals surface area contributed by atoms with Gasteiger partial charge in [0.1, 0.15) is 5.75 Å². The van der Waals surface area contributed by atoms with Crippen molar-refractivity contribution in [3.05, 3.63) is 103 Å². The van der Waals surface area contributed by atoms with Gasteiger partial charge in [-0.3, -0.25) is 0 Å². The van der Waals surface area contributed by atoms with Gasteiger partial charge in [0.2, 0.25) is 0 Å². The Morgan fingerprint density at radius 3 is 1.93 bits per heavy atom. The normalized spacial score (nSPS) is 11.0. The predicted molar refractivity (Wildman–Crippen MR) is 119 cm³/mol. The van der Waals surface area contributed by atoms with Gasteiger partial charge in [-0.2, -0.15) is 0 Å². The third-order valence-corrected chi connectivity index (χ3v) is 5.38. The summed E-state index contributed by atoms with van der Waals surface area (Å²) in [5.74, 6) is 0.909. The van der Waals surface area contributed by atoms with Crippen LogP contribution in [0, 0.1) is 0 Å². The van der Waals surface area contributed by atoms with E-state index < -0.39 is 0 Å². The van der Waals surface area contributed by atoms with Gasteiger partial charge < -0.3 is 4.74 Å². The van der Waals surface area contributed by atoms with E-state index in [9.17, 15) is 0 Å². The Bertz CT molecular complexity index is 1280. The van der Waals surface area contributed by atoms with Gasteiger partial charge in [0.05, 0.1) is 7.11 Å². The highest BCUT2D eigenvalue weighted by Crippen LogP contribution is 2.35. The molecule has 134 valence electrons. The molecule has 0 aliphatic heterocycles. The minimum Gasteiger partial charge on any atom is -0.496 e. The zero-order chi connectivity index (χ0) is 18.9. The SMILES string of the molecule is COc1ccc(-c2ccc(-c3ccc4ccccc4c3)cc2)c2ccccc12. The maximum atomic E-state index is 5.53. The lowest BCUT2D eigenvalue weighted by molar-refractivity contribution is 0.420. The van der Waals surface area contributed by atoms with Crippen LogP contribution in [0.1, 0.15) is 0 Å². The molecule has 0 radical (unpaired) electrons. The number of benzene rings is 5. The highest BCUT2D eigenvalue weighted by atomic mass is 16.5. The molecule has 5 rings (SSSR count). The Labute approximate surface area is 164 Å². The van der Waals surface area contributed by atoms with Gasteiger partial charge in [-0.15, -0.1) is 0 Å². The highest BCUT2D eigenvalue weighted by Gasteiger charge is 2.08. The van der Waals surface area contributed by atoms with Crippen molar-refractivity contribution in [1.82, 2.24) is 0 Å². The number of rotatable bonds is 3. The summed E-state index contributed by atoms with van der Waals surface area (Å²) in [5, 5.41) is 4.89. The summed E-state index contributed by atoms with van der Waals surface area (Å²) in [4.78, 5) is 0. The number of methoxy groups -OCH3 is 1. The molecule has 0 heterocycles. The Kier molecular flexibility index (Phi) is 4.06. The summed E-state index contributed by atoms with van der Waals surface area (Å²) in [5.41, 5.74) is 4.90. The van der Waals surface area contributed by atoms with Crippen LogP contribution in [-0.2, 0) is 0 Å². The third kappa shape index (κ3) is 2.82. The van der Waals surface area contributed by atoms with Gasteiger partial charge in [0, 0.05) is 5.39 Å². The Morgan fingerprint density at radius 2 is 1.14 bits per heavy atom. The summed E-state index contributed by atoms with van der Waals surface area (Å²) in [6.45, 7) is 0. The lowest BCUT2D eigenvalue weighted by Gasteiger charge is -2.11. The number of hydrogen-bond acceptors (Lipinski definition) is 1. The molecule has 0 fully saturated rings. The molecule has 0 atom stereocenters. The van der Waals surface area contributed by atoms with Crippen molar-refractivity contribution in [3.63, 3.8) is 0 Å². The van der Waals surface area contributed by atoms with Crippen molar-refractivity contribution < 1.29 is 4.74 Å². The van der Waals surface area contributed by atoms with E-state index in [0.29, 0.717) is 0 Å². The summed E-state index contributed by atoms with van der Waals surface area (Å²) in [6.07, 6.45) is 0. The Hall–Kier alpha value is -3.58. The van der Waals surface area contributed by atoms with Crippen molar-refractivity contribution in [1.29, 1.82) is 0 Å². The molecule has 0 unspecified atom stereocenters. The Morgan fingerprint density at radius 1 is 0.500 bits per heavy atom. The molecule has 0 amide bonds. The molecule has 0 aliphatic carbocycles. The monoisotopic (exact) mass is 360 g/mol. The molecule has 0 N–H and O–H groups in total. The van der Waals surface area contributed by atoms with Crippen LogP contribution in [0.5, 0.6) is 5.75 Å². The van der Waals surface area contributed by atoms with Crippen LogP contribution in [0.15, 0.2) is 103 Å². The zero-order valence-electron chi connectivity index (χ0n) is 15.7. The van der Waals surface area contributed by atoms with E-state index in [1.165, 1.54) is 38.4 Å². The van der Waals surface area contributed by atoms with Crippen molar-refractivity contribution in [2.75, 3.05) is 7.11 Å². The maximum Gasteiger partial charge on any atom is 0.126 e. The van der Waals surface area contributed by atoms with Crippen molar-refractivity contribution in [3.8, 4) is 28.0 Å². The fraction of sp³-hybridized carbons (Fsp3) is 0.0370. The minimum atomic E-state index is 0.909. The number of hydrogen-bond donors (Lipinski definition) is 0. The van der Waals surface area contributed by atoms with Crippen molar-refractivity contribution >= 4 is 21.5 Å². The highest BCUT2D eigenvalue weighted by molar-refractivity contribution is 6.00. The minimum absolute atomic E-state index is 0.909. The largest absolute Gasteiger partial charge is 0.496 e. The molecule has 0 saturated carbocycles. The summed E-state index contributed by atoms with van der Waals surface area (Å²) in [6, 6.07) is 36.5. The fourth-order valence-corrected chi connectivity index (χ4v) is 3.91. The van der Waals surface area contributed by atoms with Crippen LogP contribution in [0.3, 0.4) is 0 Å². The number of fused-ring (bicyclic) bond motifs is 2. The van der Waals surface area contributed by atoms with Gasteiger partial charge in [0.15, 0.2) is 0 Å². The molecule has 28 heavy (non-hydrogen) atoms. The topological polar surface area (TPSA) is 9.23 Å². The summed E-state index contributed by atoms with van der Waals surface area (Å²) < 4.78 is 5.53. The molecule has 0 aliphatic rings. The second-order valence-corrected chi connectivity index (χ2v) is 7.00. The first kappa shape index (κ1) is 16.6. The molecule has 5 aromatic carbocycles. The molecule has 5 aromatic rings. The van der Waals surface area contributed by atoms with Gasteiger partial charge >= 0.3 is 0 Å². The van der Waals surface area contributed by atoms with Gasteiger partial charge in [0.25, 0.3) is 0 Å². The molecule has 0 bridgehead atoms. The van der Waals surface area contributed by atoms with Gasteiger partial charge in [-0.25, -0.2) is 0 Å². The summed E-state index contributed by atoms with van der Waals surface area (Å²) in [7, 11) is 1.72. The molecular formula is C27H20O. The molecule has 1 nitrogen and oxygen atoms in total. The molecular weight excluding hydrogens is 340 g/mol. The van der Waals surface area contributed by atoms with Crippen molar-refractivity contribution in [2.45, 2.75) is 0 Å². The first-order chi connectivity index (χ1) is 13.8. The predicted octanol–water partition coefficient (Wildman–Crippen LogP) is 7.34. The maximum absolute atomic E-state index is 5.53. The lowest BCUT2D eigenvalue weighted by atomic mass is 9.95. The van der Waals surface area contributed by atoms with Crippen LogP contribution in [0.4, 0.5) is 0 Å². The zero-order valence-corrected chi connectivity index (χ0v) is 15.7. The number of ether oxygens (including phenoxy) is 1. The van der Waals surface area contributed by atoms with Gasteiger partial charge in [-0.1, -0.05) is 91.0 Å². The molecule has 0 spiro atoms. The van der Waals surface area contributed by atoms with E-state index in [2.05, 4.69) is 103 Å². The van der Waals surface area contributed by atoms with Gasteiger partial charge in [-0.05, 0) is 50.5 Å². The van der Waals surface area contributed by atoms with Crippen molar-refractivity contribution in [2.24, 2.45) is 0 Å². The standard InChI is InChI=1S/C27H20O/c1-28-27-17-16-24(25-8-4-5-9-26(25)27)21-13-10-20(11-14-21)23-15-12-19-6-2-3-7-22(19)18-23/h2-18H,1H3. The van der Waals surface area contributed by atoms with Crippen LogP contribution in [0.2, 0.25) is 0 Å². The average Bonchev–Trinajstić information content (AvgIpc) is 2.78. The molecule has 1 heteroatoms. The van der Waals surface area contributed by atoms with E-state index >= 15 is 0 Å². The van der Waals surface area contributed by atoms with Crippen LogP contribution >= 0.6 is 0 Å². The van der Waals surface area contributed by atoms with E-state index in [4.69, 9.17) is 4.74 Å². The van der Waals surface area contributed by atoms with E-state index in [1.54, 1.807) is 7.11 Å². The molecule has 0 aromatic heterocycles. The van der Waals surface area contributed by atoms with E-state index in [1.807, 2.05) is 0 Å². The quantitative estimate of drug-likeness (QED) is 0.327. The lowest BCUT2D eigenvalue weighted by Crippen LogP contribution is -1.88. The second kappa shape index (κ2) is 6.86. The fourth-order valence-electron chi connectivity index (χ4n) is 3.91. The third-order valence-electron chi connectivity index (χ3n) is 5.38. The van der Waals surface area contributed by atoms with Crippen LogP contribution < -0.4 is 4.74 Å². The van der Waals surface area contributed by atoms with Crippen LogP contribution in [0.25, 0.3) is 43.8 Å². The first-order valence-corrected chi connectivity index (χ1v) is 9.49. The second-order valence-electron chi connectivity index (χ2n) is 7.00. The summed E-state index contributed by atoms with van der Waals surface area (Å²) >= 11 is 0.